The smallest absolute Gasteiger partial charge is 0.330 e. The highest BCUT2D eigenvalue weighted by molar-refractivity contribution is 6.01. The number of rotatable bonds is 5. The first kappa shape index (κ1) is 20.0. The predicted molar refractivity (Wildman–Crippen MR) is 116 cm³/mol. The lowest BCUT2D eigenvalue weighted by Crippen LogP contribution is -2.58. The van der Waals surface area contributed by atoms with E-state index in [4.69, 9.17) is 4.74 Å². The molecule has 0 spiro atoms. The van der Waals surface area contributed by atoms with Crippen LogP contribution >= 0.6 is 0 Å². The Hall–Kier alpha value is -3.34. The number of carbonyl (C=O) groups is 2. The standard InChI is InChI=1S/C25H25NO4/c1-15(2)30-22-16(3)7-4-12-20(22)23(27)26-25(24(28)29)13-18-10-5-8-17-9-6-11-19(14-25)21(17)18/h4-12,15H,13-14H2,1-3H3,(H,26,27)(H,28,29). The van der Waals surface area contributed by atoms with Gasteiger partial charge in [-0.25, -0.2) is 4.79 Å². The minimum absolute atomic E-state index is 0.106. The maximum absolute atomic E-state index is 13.3. The molecule has 0 bridgehead atoms. The van der Waals surface area contributed by atoms with Gasteiger partial charge in [-0.1, -0.05) is 48.5 Å². The van der Waals surface area contributed by atoms with E-state index in [1.165, 1.54) is 0 Å². The van der Waals surface area contributed by atoms with Crippen LogP contribution in [0.4, 0.5) is 0 Å². The molecule has 3 aromatic rings. The minimum Gasteiger partial charge on any atom is -0.490 e. The largest absolute Gasteiger partial charge is 0.490 e. The van der Waals surface area contributed by atoms with Crippen LogP contribution in [0.25, 0.3) is 10.8 Å². The highest BCUT2D eigenvalue weighted by Gasteiger charge is 2.44. The Morgan fingerprint density at radius 3 is 2.17 bits per heavy atom. The number of carboxylic acids is 1. The monoisotopic (exact) mass is 403 g/mol. The van der Waals surface area contributed by atoms with Crippen LogP contribution in [0.1, 0.15) is 40.9 Å². The number of ether oxygens (including phenoxy) is 1. The van der Waals surface area contributed by atoms with E-state index in [0.29, 0.717) is 11.3 Å². The summed E-state index contributed by atoms with van der Waals surface area (Å²) in [6.07, 6.45) is 0.355. The third-order valence-electron chi connectivity index (χ3n) is 5.63. The van der Waals surface area contributed by atoms with E-state index in [1.54, 1.807) is 12.1 Å². The van der Waals surface area contributed by atoms with E-state index in [0.717, 1.165) is 27.5 Å². The molecular weight excluding hydrogens is 378 g/mol. The van der Waals surface area contributed by atoms with Gasteiger partial charge in [-0.05, 0) is 54.3 Å². The van der Waals surface area contributed by atoms with Crippen molar-refractivity contribution in [3.8, 4) is 5.75 Å². The van der Waals surface area contributed by atoms with Crippen LogP contribution in [0.2, 0.25) is 0 Å². The Balaban J connectivity index is 1.74. The second-order valence-corrected chi connectivity index (χ2v) is 8.25. The number of carbonyl (C=O) groups excluding carboxylic acids is 1. The van der Waals surface area contributed by atoms with E-state index in [1.807, 2.05) is 63.2 Å². The molecule has 0 heterocycles. The molecule has 5 nitrogen and oxygen atoms in total. The summed E-state index contributed by atoms with van der Waals surface area (Å²) in [6, 6.07) is 17.1. The minimum atomic E-state index is -1.42. The maximum atomic E-state index is 13.3. The number of benzene rings is 3. The maximum Gasteiger partial charge on any atom is 0.330 e. The molecule has 0 aliphatic heterocycles. The normalized spacial score (nSPS) is 14.5. The molecule has 5 heteroatoms. The van der Waals surface area contributed by atoms with Gasteiger partial charge in [-0.15, -0.1) is 0 Å². The molecule has 0 unspecified atom stereocenters. The van der Waals surface area contributed by atoms with Gasteiger partial charge in [0, 0.05) is 12.8 Å². The van der Waals surface area contributed by atoms with Crippen molar-refractivity contribution in [3.05, 3.63) is 76.9 Å². The number of hydrogen-bond acceptors (Lipinski definition) is 3. The number of nitrogens with one attached hydrogen (secondary N) is 1. The zero-order valence-electron chi connectivity index (χ0n) is 17.4. The summed E-state index contributed by atoms with van der Waals surface area (Å²) < 4.78 is 5.87. The summed E-state index contributed by atoms with van der Waals surface area (Å²) in [6.45, 7) is 5.66. The number of carboxylic acid groups (broad SMARTS) is 1. The highest BCUT2D eigenvalue weighted by Crippen LogP contribution is 2.35. The average Bonchev–Trinajstić information content (AvgIpc) is 2.69. The summed E-state index contributed by atoms with van der Waals surface area (Å²) in [4.78, 5) is 25.7. The van der Waals surface area contributed by atoms with E-state index < -0.39 is 17.4 Å². The Morgan fingerprint density at radius 1 is 1.00 bits per heavy atom. The molecule has 0 radical (unpaired) electrons. The molecule has 3 aromatic carbocycles. The first-order chi connectivity index (χ1) is 14.3. The van der Waals surface area contributed by atoms with Gasteiger partial charge in [0.05, 0.1) is 11.7 Å². The quantitative estimate of drug-likeness (QED) is 0.666. The molecule has 1 amide bonds. The van der Waals surface area contributed by atoms with Gasteiger partial charge >= 0.3 is 5.97 Å². The van der Waals surface area contributed by atoms with Crippen molar-refractivity contribution in [2.75, 3.05) is 0 Å². The fraction of sp³-hybridized carbons (Fsp3) is 0.280. The Morgan fingerprint density at radius 2 is 1.60 bits per heavy atom. The number of amides is 1. The second kappa shape index (κ2) is 7.48. The third kappa shape index (κ3) is 3.41. The number of hydrogen-bond donors (Lipinski definition) is 2. The van der Waals surface area contributed by atoms with Crippen molar-refractivity contribution in [2.45, 2.75) is 45.3 Å². The summed E-state index contributed by atoms with van der Waals surface area (Å²) in [5.41, 5.74) is 1.62. The van der Waals surface area contributed by atoms with Gasteiger partial charge in [0.25, 0.3) is 5.91 Å². The van der Waals surface area contributed by atoms with Crippen molar-refractivity contribution in [3.63, 3.8) is 0 Å². The lowest BCUT2D eigenvalue weighted by molar-refractivity contribution is -0.144. The SMILES string of the molecule is Cc1cccc(C(=O)NC2(C(=O)O)Cc3cccc4cccc(c34)C2)c1OC(C)C. The van der Waals surface area contributed by atoms with E-state index in [-0.39, 0.29) is 18.9 Å². The number of aliphatic carboxylic acids is 1. The van der Waals surface area contributed by atoms with Crippen LogP contribution in [-0.4, -0.2) is 28.6 Å². The van der Waals surface area contributed by atoms with Crippen molar-refractivity contribution in [1.82, 2.24) is 5.32 Å². The Bertz CT molecular complexity index is 1110. The van der Waals surface area contributed by atoms with Crippen LogP contribution in [0.15, 0.2) is 54.6 Å². The van der Waals surface area contributed by atoms with Crippen molar-refractivity contribution >= 4 is 22.6 Å². The molecule has 1 aliphatic carbocycles. The molecule has 0 atom stereocenters. The number of aryl methyl sites for hydroxylation is 1. The van der Waals surface area contributed by atoms with Gasteiger partial charge in [0.2, 0.25) is 0 Å². The van der Waals surface area contributed by atoms with Crippen LogP contribution in [0.3, 0.4) is 0 Å². The summed E-state index contributed by atoms with van der Waals surface area (Å²) in [7, 11) is 0. The van der Waals surface area contributed by atoms with Crippen molar-refractivity contribution < 1.29 is 19.4 Å². The molecular formula is C25H25NO4. The molecule has 0 saturated carbocycles. The number of para-hydroxylation sites is 1. The molecule has 2 N–H and O–H groups in total. The van der Waals surface area contributed by atoms with Gasteiger partial charge in [-0.3, -0.25) is 4.79 Å². The molecule has 154 valence electrons. The Labute approximate surface area is 175 Å². The average molecular weight is 403 g/mol. The topological polar surface area (TPSA) is 75.6 Å². The van der Waals surface area contributed by atoms with Gasteiger partial charge in [-0.2, -0.15) is 0 Å². The first-order valence-corrected chi connectivity index (χ1v) is 10.1. The van der Waals surface area contributed by atoms with E-state index in [9.17, 15) is 14.7 Å². The summed E-state index contributed by atoms with van der Waals surface area (Å²) in [5.74, 6) is -0.992. The van der Waals surface area contributed by atoms with Crippen molar-refractivity contribution in [1.29, 1.82) is 0 Å². The lowest BCUT2D eigenvalue weighted by Gasteiger charge is -2.35. The van der Waals surface area contributed by atoms with Crippen LogP contribution in [0, 0.1) is 6.92 Å². The van der Waals surface area contributed by atoms with Crippen LogP contribution in [0.5, 0.6) is 5.75 Å². The summed E-state index contributed by atoms with van der Waals surface area (Å²) in [5, 5.41) is 15.2. The van der Waals surface area contributed by atoms with Gasteiger partial charge in [0.15, 0.2) is 0 Å². The van der Waals surface area contributed by atoms with Crippen LogP contribution in [-0.2, 0) is 17.6 Å². The first-order valence-electron chi connectivity index (χ1n) is 10.1. The predicted octanol–water partition coefficient (Wildman–Crippen LogP) is 4.29. The van der Waals surface area contributed by atoms with Crippen LogP contribution < -0.4 is 10.1 Å². The van der Waals surface area contributed by atoms with Crippen molar-refractivity contribution in [2.24, 2.45) is 0 Å². The molecule has 0 fully saturated rings. The molecule has 0 saturated heterocycles. The molecule has 30 heavy (non-hydrogen) atoms. The highest BCUT2D eigenvalue weighted by atomic mass is 16.5. The second-order valence-electron chi connectivity index (χ2n) is 8.25. The van der Waals surface area contributed by atoms with Gasteiger partial charge < -0.3 is 15.2 Å². The van der Waals surface area contributed by atoms with E-state index in [2.05, 4.69) is 5.32 Å². The fourth-order valence-electron chi connectivity index (χ4n) is 4.31. The fourth-order valence-corrected chi connectivity index (χ4v) is 4.31. The van der Waals surface area contributed by atoms with E-state index >= 15 is 0 Å². The summed E-state index contributed by atoms with van der Waals surface area (Å²) >= 11 is 0. The zero-order valence-corrected chi connectivity index (χ0v) is 17.4. The van der Waals surface area contributed by atoms with Gasteiger partial charge in [0.1, 0.15) is 11.3 Å². The third-order valence-corrected chi connectivity index (χ3v) is 5.63. The molecule has 0 aromatic heterocycles. The Kier molecular flexibility index (Phi) is 4.98. The lowest BCUT2D eigenvalue weighted by atomic mass is 9.76. The molecule has 4 rings (SSSR count). The molecule has 1 aliphatic rings. The zero-order chi connectivity index (χ0) is 21.5.